The maximum absolute atomic E-state index is 13.3. The van der Waals surface area contributed by atoms with Gasteiger partial charge >= 0.3 is 30.0 Å². The molecule has 0 heterocycles. The molecule has 0 aliphatic carbocycles. The Kier molecular flexibility index (Phi) is 29.1. The van der Waals surface area contributed by atoms with Gasteiger partial charge in [-0.1, -0.05) is 175 Å². The lowest BCUT2D eigenvalue weighted by Gasteiger charge is -2.20. The largest absolute Gasteiger partial charge is 0.481 e. The number of esters is 3. The van der Waals surface area contributed by atoms with E-state index in [1.165, 1.54) is 0 Å². The van der Waals surface area contributed by atoms with Crippen LogP contribution in [0.2, 0.25) is 20.1 Å². The van der Waals surface area contributed by atoms with Gasteiger partial charge in [-0.15, -0.1) is 0 Å². The highest BCUT2D eigenvalue weighted by Crippen LogP contribution is 2.33. The average molecular weight is 1230 g/mol. The smallest absolute Gasteiger partial charge is 0.408 e. The number of carboxylic acid groups (broad SMARTS) is 1. The number of ketones is 1. The molecule has 17 nitrogen and oxygen atoms in total. The number of ether oxygens (including phenoxy) is 4. The molecule has 448 valence electrons. The van der Waals surface area contributed by atoms with Crippen LogP contribution in [-0.4, -0.2) is 89.0 Å². The molecule has 6 N–H and O–H groups in total. The highest BCUT2D eigenvalue weighted by Gasteiger charge is 2.28. The Labute approximate surface area is 509 Å². The Balaban J connectivity index is 0.000000375. The van der Waals surface area contributed by atoms with E-state index in [9.17, 15) is 38.4 Å². The first kappa shape index (κ1) is 70.5. The maximum atomic E-state index is 13.3. The van der Waals surface area contributed by atoms with Crippen molar-refractivity contribution in [2.75, 3.05) is 13.1 Å². The van der Waals surface area contributed by atoms with Gasteiger partial charge in [0, 0.05) is 13.0 Å². The van der Waals surface area contributed by atoms with Gasteiger partial charge in [-0.05, 0) is 106 Å². The molecule has 6 aromatic rings. The summed E-state index contributed by atoms with van der Waals surface area (Å²) in [5.41, 5.74) is 9.35. The van der Waals surface area contributed by atoms with Crippen LogP contribution in [0.15, 0.2) is 146 Å². The number of benzene rings is 6. The number of amides is 3. The molecule has 2 atom stereocenters. The quantitative estimate of drug-likeness (QED) is 0.0332. The van der Waals surface area contributed by atoms with Crippen molar-refractivity contribution in [2.45, 2.75) is 111 Å². The molecule has 0 fully saturated rings. The van der Waals surface area contributed by atoms with Crippen LogP contribution in [0.1, 0.15) is 106 Å². The molecule has 0 unspecified atom stereocenters. The zero-order valence-electron chi connectivity index (χ0n) is 46.6. The number of carbonyl (C=O) groups is 8. The summed E-state index contributed by atoms with van der Waals surface area (Å²) >= 11 is 25.6. The number of carbonyl (C=O) groups excluding carboxylic acids is 7. The minimum Gasteiger partial charge on any atom is -0.481 e. The van der Waals surface area contributed by atoms with Crippen LogP contribution >= 0.6 is 46.4 Å². The zero-order valence-corrected chi connectivity index (χ0v) is 49.6. The van der Waals surface area contributed by atoms with E-state index in [1.54, 1.807) is 77.9 Å². The van der Waals surface area contributed by atoms with E-state index < -0.39 is 65.1 Å². The van der Waals surface area contributed by atoms with Crippen molar-refractivity contribution in [3.8, 4) is 22.3 Å². The van der Waals surface area contributed by atoms with Gasteiger partial charge in [0.2, 0.25) is 0 Å². The summed E-state index contributed by atoms with van der Waals surface area (Å²) in [6, 6.07) is 41.5. The summed E-state index contributed by atoms with van der Waals surface area (Å²) < 4.78 is 20.7. The summed E-state index contributed by atoms with van der Waals surface area (Å²) in [4.78, 5) is 96.7. The van der Waals surface area contributed by atoms with Crippen molar-refractivity contribution in [2.24, 2.45) is 5.73 Å². The minimum atomic E-state index is -1.18. The lowest BCUT2D eigenvalue weighted by atomic mass is 10.0. The molecule has 0 saturated heterocycles. The van der Waals surface area contributed by atoms with Gasteiger partial charge in [-0.3, -0.25) is 24.0 Å². The van der Waals surface area contributed by atoms with Crippen LogP contribution in [0.4, 0.5) is 4.79 Å². The van der Waals surface area contributed by atoms with E-state index in [2.05, 4.69) is 16.0 Å². The van der Waals surface area contributed by atoms with Crippen LogP contribution in [0.3, 0.4) is 0 Å². The Morgan fingerprint density at radius 3 is 1.25 bits per heavy atom. The fourth-order valence-electron chi connectivity index (χ4n) is 7.24. The number of aliphatic carboxylic acids is 1. The fourth-order valence-corrected chi connectivity index (χ4v) is 8.55. The Bertz CT molecular complexity index is 3110. The third-order valence-corrected chi connectivity index (χ3v) is 12.3. The molecule has 0 saturated carbocycles. The molecule has 6 aromatic carbocycles. The lowest BCUT2D eigenvalue weighted by Crippen LogP contribution is -2.46. The number of Topliss-reactive ketones (excluding diaryl/α,β-unsaturated/α-hetero) is 1. The fraction of sp³-hybridized carbons (Fsp3) is 0.302. The van der Waals surface area contributed by atoms with Gasteiger partial charge in [0.15, 0.2) is 5.78 Å². The van der Waals surface area contributed by atoms with E-state index in [0.717, 1.165) is 33.4 Å². The Morgan fingerprint density at radius 2 is 0.881 bits per heavy atom. The van der Waals surface area contributed by atoms with Gasteiger partial charge in [-0.25, -0.2) is 14.4 Å². The molecule has 0 radical (unpaired) electrons. The SMILES string of the molecule is C.CC(C)(C)OC(=O)CCC(=O)O.CC(C)(C)OC(=O)NCC(=O)CC[C@H](NC(=O)c1c(Cl)cc(-c2ccccc2)cc1Cl)C(=O)OCc1ccccc1.NC[C@H](NC(=O)c1c(Cl)cc(-c2ccccc2)cc1Cl)C(=O)OCc1ccccc1. The van der Waals surface area contributed by atoms with Gasteiger partial charge in [0.25, 0.3) is 11.8 Å². The highest BCUT2D eigenvalue weighted by molar-refractivity contribution is 6.41. The first-order valence-electron chi connectivity index (χ1n) is 26.0. The van der Waals surface area contributed by atoms with E-state index in [4.69, 9.17) is 76.2 Å². The molecule has 0 aliphatic rings. The monoisotopic (exact) mass is 1230 g/mol. The van der Waals surface area contributed by atoms with Gasteiger partial charge in [0.1, 0.15) is 36.5 Å². The van der Waals surface area contributed by atoms with Gasteiger partial charge in [-0.2, -0.15) is 0 Å². The van der Waals surface area contributed by atoms with Crippen LogP contribution in [0.5, 0.6) is 0 Å². The molecule has 0 bridgehead atoms. The molecular formula is C63H70Cl4N4O13. The zero-order chi connectivity index (χ0) is 61.3. The first-order valence-corrected chi connectivity index (χ1v) is 27.5. The second-order valence-electron chi connectivity index (χ2n) is 20.2. The highest BCUT2D eigenvalue weighted by atomic mass is 35.5. The standard InChI is InChI=1S/C31H32Cl2N2O6.C23H20Cl2N2O3.C8H14O4.CH4/c1-31(2,3)41-30(39)34-18-23(36)14-15-26(29(38)40-19-20-10-6-4-7-11-20)35-28(37)27-24(32)16-22(17-25(27)33)21-12-8-5-9-13-21;24-18-11-17(16-9-5-2-6-10-16)12-19(25)21(18)22(28)27-20(13-26)23(29)30-14-15-7-3-1-4-8-15;1-8(2,3)12-7(11)5-4-6(9)10;/h4-13,16-17,26H,14-15,18-19H2,1-3H3,(H,34,39)(H,35,37);1-12,20H,13-14,26H2,(H,27,28);4-5H2,1-3H3,(H,9,10);1H4/t26-;20-;;/m00../s1. The van der Waals surface area contributed by atoms with Crippen LogP contribution in [0, 0.1) is 0 Å². The number of nitrogens with two attached hydrogens (primary N) is 1. The Morgan fingerprint density at radius 1 is 0.512 bits per heavy atom. The molecule has 0 aliphatic heterocycles. The van der Waals surface area contributed by atoms with E-state index >= 15 is 0 Å². The third kappa shape index (κ3) is 25.4. The predicted molar refractivity (Wildman–Crippen MR) is 326 cm³/mol. The van der Waals surface area contributed by atoms with E-state index in [-0.39, 0.29) is 96.4 Å². The van der Waals surface area contributed by atoms with Crippen LogP contribution in [0.25, 0.3) is 22.3 Å². The van der Waals surface area contributed by atoms with Crippen molar-refractivity contribution in [3.05, 3.63) is 188 Å². The number of rotatable bonds is 21. The van der Waals surface area contributed by atoms with E-state index in [0.29, 0.717) is 0 Å². The summed E-state index contributed by atoms with van der Waals surface area (Å²) in [5.74, 6) is -4.48. The minimum absolute atomic E-state index is 0. The number of hydrogen-bond acceptors (Lipinski definition) is 13. The van der Waals surface area contributed by atoms with E-state index in [1.807, 2.05) is 109 Å². The summed E-state index contributed by atoms with van der Waals surface area (Å²) in [6.45, 7) is 9.98. The second kappa shape index (κ2) is 34.7. The molecule has 3 amide bonds. The molecule has 21 heteroatoms. The molecule has 0 spiro atoms. The number of hydrogen-bond donors (Lipinski definition) is 5. The van der Waals surface area contributed by atoms with Crippen molar-refractivity contribution in [3.63, 3.8) is 0 Å². The number of nitrogens with one attached hydrogen (secondary N) is 3. The molecule has 84 heavy (non-hydrogen) atoms. The summed E-state index contributed by atoms with van der Waals surface area (Å²) in [7, 11) is 0. The molecular weight excluding hydrogens is 1160 g/mol. The maximum Gasteiger partial charge on any atom is 0.408 e. The van der Waals surface area contributed by atoms with Crippen molar-refractivity contribution >= 4 is 94.0 Å². The number of halogens is 4. The molecule has 6 rings (SSSR count). The second-order valence-corrected chi connectivity index (χ2v) is 21.9. The number of carboxylic acids is 1. The molecule has 0 aromatic heterocycles. The van der Waals surface area contributed by atoms with Crippen LogP contribution < -0.4 is 21.7 Å². The van der Waals surface area contributed by atoms with Crippen molar-refractivity contribution in [1.82, 2.24) is 16.0 Å². The van der Waals surface area contributed by atoms with Crippen LogP contribution in [-0.2, 0) is 56.1 Å². The number of alkyl carbamates (subject to hydrolysis) is 1. The Hall–Kier alpha value is -7.80. The summed E-state index contributed by atoms with van der Waals surface area (Å²) in [6.07, 6.45) is -1.18. The summed E-state index contributed by atoms with van der Waals surface area (Å²) in [5, 5.41) is 16.4. The first-order chi connectivity index (χ1) is 39.2. The van der Waals surface area contributed by atoms with Gasteiger partial charge in [0.05, 0.1) is 50.6 Å². The van der Waals surface area contributed by atoms with Gasteiger partial charge < -0.3 is 45.7 Å². The van der Waals surface area contributed by atoms with Crippen molar-refractivity contribution in [1.29, 1.82) is 0 Å². The normalized spacial score (nSPS) is 11.4. The lowest BCUT2D eigenvalue weighted by molar-refractivity contribution is -0.157. The predicted octanol–water partition coefficient (Wildman–Crippen LogP) is 12.7. The topological polar surface area (TPSA) is 256 Å². The third-order valence-electron chi connectivity index (χ3n) is 11.1. The average Bonchev–Trinajstić information content (AvgIpc) is 3.65. The van der Waals surface area contributed by atoms with Crippen molar-refractivity contribution < 1.29 is 62.4 Å².